The fourth-order valence-corrected chi connectivity index (χ4v) is 2.34. The van der Waals surface area contributed by atoms with Crippen molar-refractivity contribution in [2.24, 2.45) is 5.41 Å². The maximum absolute atomic E-state index is 11.9. The molecule has 92 valence electrons. The molecule has 0 aromatic carbocycles. The minimum absolute atomic E-state index is 0.178. The third-order valence-electron chi connectivity index (χ3n) is 3.60. The molecule has 1 N–H and O–H groups in total. The molecule has 0 bridgehead atoms. The summed E-state index contributed by atoms with van der Waals surface area (Å²) in [6, 6.07) is 0.453. The second-order valence-corrected chi connectivity index (χ2v) is 6.26. The van der Waals surface area contributed by atoms with Gasteiger partial charge in [0.15, 0.2) is 0 Å². The Morgan fingerprint density at radius 2 is 2.19 bits per heavy atom. The van der Waals surface area contributed by atoms with Gasteiger partial charge in [-0.1, -0.05) is 6.92 Å². The van der Waals surface area contributed by atoms with Gasteiger partial charge in [0.1, 0.15) is 5.60 Å². The summed E-state index contributed by atoms with van der Waals surface area (Å²) in [6.45, 7) is 10.7. The summed E-state index contributed by atoms with van der Waals surface area (Å²) in [7, 11) is 0. The van der Waals surface area contributed by atoms with Crippen molar-refractivity contribution in [2.45, 2.75) is 45.8 Å². The number of carbonyl (C=O) groups excluding carboxylic acids is 1. The summed E-state index contributed by atoms with van der Waals surface area (Å²) in [5.41, 5.74) is 0.00336. The number of hydrogen-bond acceptors (Lipinski definition) is 3. The highest BCUT2D eigenvalue weighted by molar-refractivity contribution is 5.68. The van der Waals surface area contributed by atoms with Crippen LogP contribution < -0.4 is 5.32 Å². The summed E-state index contributed by atoms with van der Waals surface area (Å²) in [4.78, 5) is 13.7. The second-order valence-electron chi connectivity index (χ2n) is 6.26. The molecule has 2 aliphatic rings. The summed E-state index contributed by atoms with van der Waals surface area (Å²) < 4.78 is 5.38. The van der Waals surface area contributed by atoms with E-state index in [9.17, 15) is 4.79 Å². The van der Waals surface area contributed by atoms with E-state index in [1.807, 2.05) is 25.7 Å². The van der Waals surface area contributed by atoms with Crippen LogP contribution in [0.4, 0.5) is 4.79 Å². The molecule has 0 radical (unpaired) electrons. The standard InChI is InChI=1S/C12H22N2O2/c1-11(2,3)16-10(15)14-6-5-12(4)8-13-9(12)7-14/h9,13H,5-8H2,1-4H3/t9-,12-/m1/s1. The molecule has 2 atom stereocenters. The Balaban J connectivity index is 1.90. The molecule has 2 saturated heterocycles. The number of carbonyl (C=O) groups is 1. The average Bonchev–Trinajstić information content (AvgIpc) is 2.10. The van der Waals surface area contributed by atoms with Crippen LogP contribution >= 0.6 is 0 Å². The Morgan fingerprint density at radius 3 is 2.62 bits per heavy atom. The van der Waals surface area contributed by atoms with Gasteiger partial charge in [0.25, 0.3) is 0 Å². The normalized spacial score (nSPS) is 34.0. The van der Waals surface area contributed by atoms with Gasteiger partial charge in [-0.05, 0) is 32.6 Å². The smallest absolute Gasteiger partial charge is 0.410 e. The zero-order chi connectivity index (χ0) is 12.0. The lowest BCUT2D eigenvalue weighted by Crippen LogP contribution is -2.69. The lowest BCUT2D eigenvalue weighted by Gasteiger charge is -2.54. The number of hydrogen-bond donors (Lipinski definition) is 1. The van der Waals surface area contributed by atoms with Crippen molar-refractivity contribution in [1.29, 1.82) is 0 Å². The summed E-state index contributed by atoms with van der Waals surface area (Å²) >= 11 is 0. The second kappa shape index (κ2) is 3.62. The quantitative estimate of drug-likeness (QED) is 0.682. The molecular formula is C12H22N2O2. The van der Waals surface area contributed by atoms with Gasteiger partial charge in [0.05, 0.1) is 0 Å². The molecule has 4 heteroatoms. The maximum atomic E-state index is 11.9. The number of ether oxygens (including phenoxy) is 1. The van der Waals surface area contributed by atoms with Crippen molar-refractivity contribution in [1.82, 2.24) is 10.2 Å². The summed E-state index contributed by atoms with van der Waals surface area (Å²) in [5, 5.41) is 3.39. The zero-order valence-corrected chi connectivity index (χ0v) is 10.7. The van der Waals surface area contributed by atoms with Crippen molar-refractivity contribution in [3.05, 3.63) is 0 Å². The van der Waals surface area contributed by atoms with Gasteiger partial charge >= 0.3 is 6.09 Å². The van der Waals surface area contributed by atoms with E-state index in [1.165, 1.54) is 0 Å². The van der Waals surface area contributed by atoms with Crippen LogP contribution in [-0.2, 0) is 4.74 Å². The first kappa shape index (κ1) is 11.7. The van der Waals surface area contributed by atoms with Crippen molar-refractivity contribution < 1.29 is 9.53 Å². The zero-order valence-electron chi connectivity index (χ0n) is 10.7. The third kappa shape index (κ3) is 2.17. The number of piperidine rings is 1. The van der Waals surface area contributed by atoms with Gasteiger partial charge in [-0.2, -0.15) is 0 Å². The number of nitrogens with one attached hydrogen (secondary N) is 1. The van der Waals surface area contributed by atoms with Crippen LogP contribution in [0.5, 0.6) is 0 Å². The predicted octanol–water partition coefficient (Wildman–Crippen LogP) is 1.61. The Morgan fingerprint density at radius 1 is 1.50 bits per heavy atom. The van der Waals surface area contributed by atoms with Crippen molar-refractivity contribution in [3.8, 4) is 0 Å². The van der Waals surface area contributed by atoms with E-state index >= 15 is 0 Å². The van der Waals surface area contributed by atoms with Crippen LogP contribution in [0.1, 0.15) is 34.1 Å². The minimum Gasteiger partial charge on any atom is -0.444 e. The molecule has 0 spiro atoms. The number of amides is 1. The number of likely N-dealkylation sites (tertiary alicyclic amines) is 1. The molecule has 2 heterocycles. The largest absolute Gasteiger partial charge is 0.444 e. The van der Waals surface area contributed by atoms with E-state index in [2.05, 4.69) is 12.2 Å². The summed E-state index contributed by atoms with van der Waals surface area (Å²) in [6.07, 6.45) is 0.896. The van der Waals surface area contributed by atoms with E-state index in [-0.39, 0.29) is 6.09 Å². The highest BCUT2D eigenvalue weighted by atomic mass is 16.6. The monoisotopic (exact) mass is 226 g/mol. The highest BCUT2D eigenvalue weighted by Crippen LogP contribution is 2.37. The Labute approximate surface area is 97.3 Å². The Kier molecular flexibility index (Phi) is 2.65. The highest BCUT2D eigenvalue weighted by Gasteiger charge is 2.47. The van der Waals surface area contributed by atoms with Gasteiger partial charge < -0.3 is 15.0 Å². The maximum Gasteiger partial charge on any atom is 0.410 e. The Hall–Kier alpha value is -0.770. The van der Waals surface area contributed by atoms with Crippen molar-refractivity contribution >= 4 is 6.09 Å². The topological polar surface area (TPSA) is 41.6 Å². The molecule has 2 aliphatic heterocycles. The molecule has 0 aromatic rings. The molecular weight excluding hydrogens is 204 g/mol. The van der Waals surface area contributed by atoms with E-state index in [0.29, 0.717) is 11.5 Å². The van der Waals surface area contributed by atoms with Crippen LogP contribution in [0.25, 0.3) is 0 Å². The predicted molar refractivity (Wildman–Crippen MR) is 62.3 cm³/mol. The molecule has 16 heavy (non-hydrogen) atoms. The van der Waals surface area contributed by atoms with Crippen molar-refractivity contribution in [2.75, 3.05) is 19.6 Å². The molecule has 0 aromatic heterocycles. The first-order chi connectivity index (χ1) is 7.30. The molecule has 2 fully saturated rings. The van der Waals surface area contributed by atoms with Crippen LogP contribution in [0, 0.1) is 5.41 Å². The lowest BCUT2D eigenvalue weighted by atomic mass is 9.70. The minimum atomic E-state index is -0.398. The van der Waals surface area contributed by atoms with E-state index in [1.54, 1.807) is 0 Å². The first-order valence-electron chi connectivity index (χ1n) is 6.01. The van der Waals surface area contributed by atoms with Gasteiger partial charge in [-0.15, -0.1) is 0 Å². The van der Waals surface area contributed by atoms with Crippen LogP contribution in [0.3, 0.4) is 0 Å². The van der Waals surface area contributed by atoms with E-state index in [4.69, 9.17) is 4.74 Å². The third-order valence-corrected chi connectivity index (χ3v) is 3.60. The average molecular weight is 226 g/mol. The molecule has 0 unspecified atom stereocenters. The molecule has 2 rings (SSSR count). The number of nitrogens with zero attached hydrogens (tertiary/aromatic N) is 1. The van der Waals surface area contributed by atoms with Gasteiger partial charge in [0.2, 0.25) is 0 Å². The van der Waals surface area contributed by atoms with Crippen LogP contribution in [0.15, 0.2) is 0 Å². The van der Waals surface area contributed by atoms with Crippen LogP contribution in [-0.4, -0.2) is 42.3 Å². The number of rotatable bonds is 0. The SMILES string of the molecule is CC(C)(C)OC(=O)N1CC[C@]2(C)CN[C@@H]2C1. The Bertz CT molecular complexity index is 298. The van der Waals surface area contributed by atoms with Gasteiger partial charge in [-0.3, -0.25) is 0 Å². The molecule has 4 nitrogen and oxygen atoms in total. The first-order valence-corrected chi connectivity index (χ1v) is 6.01. The van der Waals surface area contributed by atoms with Crippen molar-refractivity contribution in [3.63, 3.8) is 0 Å². The number of fused-ring (bicyclic) bond motifs is 1. The molecule has 0 saturated carbocycles. The van der Waals surface area contributed by atoms with Gasteiger partial charge in [0, 0.05) is 25.7 Å². The molecule has 0 aliphatic carbocycles. The fraction of sp³-hybridized carbons (Fsp3) is 0.917. The van der Waals surface area contributed by atoms with E-state index in [0.717, 1.165) is 26.1 Å². The van der Waals surface area contributed by atoms with Gasteiger partial charge in [-0.25, -0.2) is 4.79 Å². The lowest BCUT2D eigenvalue weighted by molar-refractivity contribution is -0.0197. The van der Waals surface area contributed by atoms with E-state index < -0.39 is 5.60 Å². The molecule has 1 amide bonds. The summed E-state index contributed by atoms with van der Waals surface area (Å²) in [5.74, 6) is 0. The fourth-order valence-electron chi connectivity index (χ4n) is 2.34. The van der Waals surface area contributed by atoms with Crippen LogP contribution in [0.2, 0.25) is 0 Å².